The fourth-order valence-electron chi connectivity index (χ4n) is 2.98. The van der Waals surface area contributed by atoms with Gasteiger partial charge >= 0.3 is 0 Å². The van der Waals surface area contributed by atoms with Crippen molar-refractivity contribution in [2.24, 2.45) is 0 Å². The van der Waals surface area contributed by atoms with Gasteiger partial charge < -0.3 is 5.32 Å². The summed E-state index contributed by atoms with van der Waals surface area (Å²) < 4.78 is 1.53. The molecule has 7 heteroatoms. The van der Waals surface area contributed by atoms with E-state index in [1.165, 1.54) is 16.3 Å². The Balaban J connectivity index is 1.96. The maximum absolute atomic E-state index is 13.1. The van der Waals surface area contributed by atoms with Gasteiger partial charge in [-0.3, -0.25) is 14.2 Å². The van der Waals surface area contributed by atoms with Crippen molar-refractivity contribution in [1.29, 1.82) is 0 Å². The maximum Gasteiger partial charge on any atom is 0.266 e. The molecule has 0 aliphatic carbocycles. The fourth-order valence-corrected chi connectivity index (χ4v) is 3.93. The van der Waals surface area contributed by atoms with Crippen molar-refractivity contribution in [1.82, 2.24) is 14.9 Å². The van der Waals surface area contributed by atoms with Gasteiger partial charge in [-0.1, -0.05) is 48.8 Å². The summed E-state index contributed by atoms with van der Waals surface area (Å²) in [5.74, 6) is 0.114. The first-order valence-corrected chi connectivity index (χ1v) is 10.6. The number of rotatable bonds is 7. The summed E-state index contributed by atoms with van der Waals surface area (Å²) >= 11 is 7.24. The molecule has 0 saturated heterocycles. The van der Waals surface area contributed by atoms with Crippen LogP contribution in [0.2, 0.25) is 5.02 Å². The number of para-hydroxylation sites is 1. The molecule has 1 unspecified atom stereocenters. The molecular weight excluding hydrogens is 394 g/mol. The first-order valence-electron chi connectivity index (χ1n) is 9.19. The topological polar surface area (TPSA) is 64.0 Å². The van der Waals surface area contributed by atoms with Crippen LogP contribution in [0.5, 0.6) is 0 Å². The van der Waals surface area contributed by atoms with E-state index in [2.05, 4.69) is 17.2 Å². The van der Waals surface area contributed by atoms with Crippen LogP contribution in [0.3, 0.4) is 0 Å². The first kappa shape index (κ1) is 20.4. The van der Waals surface area contributed by atoms with Crippen molar-refractivity contribution in [3.05, 3.63) is 63.9 Å². The molecule has 28 heavy (non-hydrogen) atoms. The summed E-state index contributed by atoms with van der Waals surface area (Å²) in [6, 6.07) is 14.3. The van der Waals surface area contributed by atoms with Crippen LogP contribution in [0.15, 0.2) is 58.5 Å². The number of nitrogens with zero attached hydrogens (tertiary/aromatic N) is 2. The van der Waals surface area contributed by atoms with Gasteiger partial charge in [-0.05, 0) is 49.7 Å². The number of amides is 1. The number of carbonyl (C=O) groups is 1. The van der Waals surface area contributed by atoms with Crippen LogP contribution in [0, 0.1) is 0 Å². The lowest BCUT2D eigenvalue weighted by molar-refractivity contribution is -0.119. The second-order valence-corrected chi connectivity index (χ2v) is 7.95. The van der Waals surface area contributed by atoms with Crippen LogP contribution in [-0.2, 0) is 4.79 Å². The summed E-state index contributed by atoms with van der Waals surface area (Å²) in [6.07, 6.45) is 1.94. The van der Waals surface area contributed by atoms with Crippen LogP contribution in [-0.4, -0.2) is 27.3 Å². The van der Waals surface area contributed by atoms with Crippen LogP contribution in [0.25, 0.3) is 16.6 Å². The quantitative estimate of drug-likeness (QED) is 0.457. The zero-order valence-electron chi connectivity index (χ0n) is 15.8. The minimum absolute atomic E-state index is 0.0731. The Morgan fingerprint density at radius 1 is 1.21 bits per heavy atom. The van der Waals surface area contributed by atoms with Crippen molar-refractivity contribution in [2.75, 3.05) is 5.75 Å². The summed E-state index contributed by atoms with van der Waals surface area (Å²) in [6.45, 7) is 4.07. The number of aromatic nitrogens is 2. The molecule has 146 valence electrons. The number of halogens is 1. The SMILES string of the molecule is CCCC(C)NC(=O)CSc1nc2ccccc2c(=O)n1-c1ccc(Cl)cc1. The van der Waals surface area contributed by atoms with Crippen molar-refractivity contribution in [3.8, 4) is 5.69 Å². The molecule has 1 atom stereocenters. The van der Waals surface area contributed by atoms with Crippen molar-refractivity contribution in [3.63, 3.8) is 0 Å². The molecule has 1 heterocycles. The number of carbonyl (C=O) groups excluding carboxylic acids is 1. The van der Waals surface area contributed by atoms with Gasteiger partial charge in [0, 0.05) is 11.1 Å². The molecule has 5 nitrogen and oxygen atoms in total. The second-order valence-electron chi connectivity index (χ2n) is 6.57. The third kappa shape index (κ3) is 4.75. The van der Waals surface area contributed by atoms with Gasteiger partial charge in [-0.2, -0.15) is 0 Å². The summed E-state index contributed by atoms with van der Waals surface area (Å²) in [5, 5.41) is 4.57. The predicted octanol–water partition coefficient (Wildman–Crippen LogP) is 4.44. The van der Waals surface area contributed by atoms with E-state index in [-0.39, 0.29) is 23.3 Å². The third-order valence-corrected chi connectivity index (χ3v) is 5.48. The molecule has 0 aliphatic heterocycles. The highest BCUT2D eigenvalue weighted by molar-refractivity contribution is 7.99. The largest absolute Gasteiger partial charge is 0.353 e. The third-order valence-electron chi connectivity index (χ3n) is 4.29. The van der Waals surface area contributed by atoms with Gasteiger partial charge in [0.05, 0.1) is 22.3 Å². The van der Waals surface area contributed by atoms with Gasteiger partial charge in [0.25, 0.3) is 5.56 Å². The summed E-state index contributed by atoms with van der Waals surface area (Å²) in [4.78, 5) is 30.0. The highest BCUT2D eigenvalue weighted by Crippen LogP contribution is 2.22. The molecule has 3 aromatic rings. The molecule has 0 aliphatic rings. The smallest absolute Gasteiger partial charge is 0.266 e. The minimum Gasteiger partial charge on any atom is -0.353 e. The Labute approximate surface area is 173 Å². The molecule has 0 spiro atoms. The van der Waals surface area contributed by atoms with E-state index in [1.54, 1.807) is 36.4 Å². The van der Waals surface area contributed by atoms with E-state index in [9.17, 15) is 9.59 Å². The fraction of sp³-hybridized carbons (Fsp3) is 0.286. The van der Waals surface area contributed by atoms with Gasteiger partial charge in [0.2, 0.25) is 5.91 Å². The highest BCUT2D eigenvalue weighted by atomic mass is 35.5. The molecular formula is C21H22ClN3O2S. The van der Waals surface area contributed by atoms with Gasteiger partial charge in [-0.15, -0.1) is 0 Å². The summed E-state index contributed by atoms with van der Waals surface area (Å²) in [7, 11) is 0. The van der Waals surface area contributed by atoms with Crippen molar-refractivity contribution < 1.29 is 4.79 Å². The first-order chi connectivity index (χ1) is 13.5. The molecule has 1 amide bonds. The number of benzene rings is 2. The van der Waals surface area contributed by atoms with Crippen molar-refractivity contribution in [2.45, 2.75) is 37.9 Å². The minimum atomic E-state index is -0.171. The van der Waals surface area contributed by atoms with Gasteiger partial charge in [0.15, 0.2) is 5.16 Å². The molecule has 3 rings (SSSR count). The molecule has 1 aromatic heterocycles. The number of fused-ring (bicyclic) bond motifs is 1. The standard InChI is InChI=1S/C21H22ClN3O2S/c1-3-6-14(2)23-19(26)13-28-21-24-18-8-5-4-7-17(18)20(27)25(21)16-11-9-15(22)10-12-16/h4-5,7-12,14H,3,6,13H2,1-2H3,(H,23,26). The predicted molar refractivity (Wildman–Crippen MR) is 116 cm³/mol. The Kier molecular flexibility index (Phi) is 6.75. The highest BCUT2D eigenvalue weighted by Gasteiger charge is 2.15. The molecule has 0 fully saturated rings. The maximum atomic E-state index is 13.1. The molecule has 0 radical (unpaired) electrons. The normalized spacial score (nSPS) is 12.1. The van der Waals surface area contributed by atoms with E-state index in [0.29, 0.717) is 26.8 Å². The zero-order valence-corrected chi connectivity index (χ0v) is 17.4. The van der Waals surface area contributed by atoms with E-state index in [1.807, 2.05) is 19.1 Å². The Bertz CT molecular complexity index is 1030. The second kappa shape index (κ2) is 9.26. The molecule has 0 saturated carbocycles. The van der Waals surface area contributed by atoms with Crippen LogP contribution in [0.4, 0.5) is 0 Å². The van der Waals surface area contributed by atoms with E-state index >= 15 is 0 Å². The number of hydrogen-bond acceptors (Lipinski definition) is 4. The number of nitrogens with one attached hydrogen (secondary N) is 1. The lowest BCUT2D eigenvalue weighted by Gasteiger charge is -2.15. The Hall–Kier alpha value is -2.31. The van der Waals surface area contributed by atoms with E-state index in [0.717, 1.165) is 12.8 Å². The number of hydrogen-bond donors (Lipinski definition) is 1. The number of thioether (sulfide) groups is 1. The monoisotopic (exact) mass is 415 g/mol. The van der Waals surface area contributed by atoms with Gasteiger partial charge in [0.1, 0.15) is 0 Å². The van der Waals surface area contributed by atoms with Crippen LogP contribution in [0.1, 0.15) is 26.7 Å². The Morgan fingerprint density at radius 3 is 2.64 bits per heavy atom. The molecule has 0 bridgehead atoms. The molecule has 2 aromatic carbocycles. The van der Waals surface area contributed by atoms with Gasteiger partial charge in [-0.25, -0.2) is 4.98 Å². The average molecular weight is 416 g/mol. The molecule has 1 N–H and O–H groups in total. The lowest BCUT2D eigenvalue weighted by atomic mass is 10.2. The van der Waals surface area contributed by atoms with Crippen molar-refractivity contribution >= 4 is 40.2 Å². The Morgan fingerprint density at radius 2 is 1.93 bits per heavy atom. The lowest BCUT2D eigenvalue weighted by Crippen LogP contribution is -2.34. The van der Waals surface area contributed by atoms with E-state index < -0.39 is 0 Å². The zero-order chi connectivity index (χ0) is 20.1. The summed E-state index contributed by atoms with van der Waals surface area (Å²) in [5.41, 5.74) is 1.10. The van der Waals surface area contributed by atoms with Crippen LogP contribution >= 0.6 is 23.4 Å². The van der Waals surface area contributed by atoms with E-state index in [4.69, 9.17) is 11.6 Å². The van der Waals surface area contributed by atoms with Crippen LogP contribution < -0.4 is 10.9 Å². The average Bonchev–Trinajstić information content (AvgIpc) is 2.68.